The molecule has 0 atom stereocenters. The highest BCUT2D eigenvalue weighted by atomic mass is 16.5. The van der Waals surface area contributed by atoms with Crippen LogP contribution in [0.2, 0.25) is 0 Å². The summed E-state index contributed by atoms with van der Waals surface area (Å²) in [5.41, 5.74) is 3.19. The molecule has 2 aromatic rings. The number of carbonyl (C=O) groups is 1. The van der Waals surface area contributed by atoms with E-state index in [-0.39, 0.29) is 6.03 Å². The van der Waals surface area contributed by atoms with Crippen LogP contribution in [0.15, 0.2) is 36.7 Å². The first-order valence-corrected chi connectivity index (χ1v) is 8.54. The van der Waals surface area contributed by atoms with Crippen LogP contribution < -0.4 is 10.2 Å². The summed E-state index contributed by atoms with van der Waals surface area (Å²) in [5, 5.41) is 7.12. The number of piperazine rings is 1. The van der Waals surface area contributed by atoms with E-state index in [0.717, 1.165) is 13.1 Å². The lowest BCUT2D eigenvalue weighted by atomic mass is 10.2. The van der Waals surface area contributed by atoms with E-state index in [1.807, 2.05) is 11.1 Å². The standard InChI is InChI=1S/C18H25N5O2/c1-15-4-3-5-17(12-15)21-6-8-22(9-7-21)18(24)20-16-13-19-23(14-16)10-11-25-2/h3-5,12-14H,6-11H2,1-2H3,(H,20,24). The van der Waals surface area contributed by atoms with Crippen LogP contribution in [0.25, 0.3) is 0 Å². The topological polar surface area (TPSA) is 62.6 Å². The lowest BCUT2D eigenvalue weighted by molar-refractivity contribution is 0.183. The van der Waals surface area contributed by atoms with Crippen molar-refractivity contribution in [1.82, 2.24) is 14.7 Å². The van der Waals surface area contributed by atoms with Gasteiger partial charge < -0.3 is 19.9 Å². The zero-order valence-electron chi connectivity index (χ0n) is 14.8. The summed E-state index contributed by atoms with van der Waals surface area (Å²) in [6, 6.07) is 8.40. The summed E-state index contributed by atoms with van der Waals surface area (Å²) in [6.07, 6.45) is 3.48. The van der Waals surface area contributed by atoms with Crippen molar-refractivity contribution in [2.75, 3.05) is 50.1 Å². The van der Waals surface area contributed by atoms with Gasteiger partial charge in [-0.2, -0.15) is 5.10 Å². The van der Waals surface area contributed by atoms with Crippen LogP contribution in [-0.4, -0.2) is 60.6 Å². The summed E-state index contributed by atoms with van der Waals surface area (Å²) in [4.78, 5) is 16.6. The number of nitrogens with one attached hydrogen (secondary N) is 1. The fraction of sp³-hybridized carbons (Fsp3) is 0.444. The highest BCUT2D eigenvalue weighted by Gasteiger charge is 2.21. The summed E-state index contributed by atoms with van der Waals surface area (Å²) in [6.45, 7) is 6.45. The number of ether oxygens (including phenoxy) is 1. The monoisotopic (exact) mass is 343 g/mol. The molecule has 0 radical (unpaired) electrons. The van der Waals surface area contributed by atoms with Crippen LogP contribution in [0.3, 0.4) is 0 Å². The quantitative estimate of drug-likeness (QED) is 0.904. The second-order valence-electron chi connectivity index (χ2n) is 6.23. The van der Waals surface area contributed by atoms with Gasteiger partial charge in [0, 0.05) is 45.2 Å². The van der Waals surface area contributed by atoms with E-state index in [2.05, 4.69) is 46.5 Å². The normalized spacial score (nSPS) is 14.6. The van der Waals surface area contributed by atoms with Gasteiger partial charge in [0.15, 0.2) is 0 Å². The van der Waals surface area contributed by atoms with Crippen molar-refractivity contribution in [3.8, 4) is 0 Å². The fourth-order valence-electron chi connectivity index (χ4n) is 2.93. The molecule has 0 bridgehead atoms. The van der Waals surface area contributed by atoms with E-state index in [9.17, 15) is 4.79 Å². The van der Waals surface area contributed by atoms with Crippen molar-refractivity contribution in [1.29, 1.82) is 0 Å². The molecule has 1 aromatic heterocycles. The SMILES string of the molecule is COCCn1cc(NC(=O)N2CCN(c3cccc(C)c3)CC2)cn1. The largest absolute Gasteiger partial charge is 0.383 e. The second-order valence-corrected chi connectivity index (χ2v) is 6.23. The minimum Gasteiger partial charge on any atom is -0.383 e. The molecule has 0 spiro atoms. The number of urea groups is 1. The lowest BCUT2D eigenvalue weighted by Crippen LogP contribution is -2.50. The molecule has 7 nitrogen and oxygen atoms in total. The third-order valence-corrected chi connectivity index (χ3v) is 4.34. The fourth-order valence-corrected chi connectivity index (χ4v) is 2.93. The molecule has 1 N–H and O–H groups in total. The maximum Gasteiger partial charge on any atom is 0.322 e. The van der Waals surface area contributed by atoms with Crippen LogP contribution in [0, 0.1) is 6.92 Å². The molecule has 3 rings (SSSR count). The van der Waals surface area contributed by atoms with E-state index in [1.54, 1.807) is 18.0 Å². The molecule has 2 amide bonds. The molecule has 1 saturated heterocycles. The van der Waals surface area contributed by atoms with Gasteiger partial charge in [-0.05, 0) is 24.6 Å². The highest BCUT2D eigenvalue weighted by molar-refractivity contribution is 5.89. The van der Waals surface area contributed by atoms with Gasteiger partial charge in [-0.1, -0.05) is 12.1 Å². The van der Waals surface area contributed by atoms with Crippen LogP contribution in [0.4, 0.5) is 16.2 Å². The van der Waals surface area contributed by atoms with E-state index in [1.165, 1.54) is 11.3 Å². The number of anilines is 2. The van der Waals surface area contributed by atoms with Gasteiger partial charge in [-0.15, -0.1) is 0 Å². The summed E-state index contributed by atoms with van der Waals surface area (Å²) in [7, 11) is 1.66. The van der Waals surface area contributed by atoms with E-state index < -0.39 is 0 Å². The number of rotatable bonds is 5. The molecule has 0 aliphatic carbocycles. The van der Waals surface area contributed by atoms with Crippen LogP contribution >= 0.6 is 0 Å². The van der Waals surface area contributed by atoms with Gasteiger partial charge in [-0.25, -0.2) is 4.79 Å². The first-order valence-electron chi connectivity index (χ1n) is 8.54. The number of nitrogens with zero attached hydrogens (tertiary/aromatic N) is 4. The summed E-state index contributed by atoms with van der Waals surface area (Å²) in [5.74, 6) is 0. The number of hydrogen-bond donors (Lipinski definition) is 1. The molecule has 1 aromatic carbocycles. The van der Waals surface area contributed by atoms with Gasteiger partial charge in [0.2, 0.25) is 0 Å². The molecular weight excluding hydrogens is 318 g/mol. The van der Waals surface area contributed by atoms with Crippen LogP contribution in [-0.2, 0) is 11.3 Å². The minimum absolute atomic E-state index is 0.0739. The molecule has 0 saturated carbocycles. The predicted molar refractivity (Wildman–Crippen MR) is 98.1 cm³/mol. The molecule has 25 heavy (non-hydrogen) atoms. The minimum atomic E-state index is -0.0739. The van der Waals surface area contributed by atoms with Crippen molar-refractivity contribution < 1.29 is 9.53 Å². The molecule has 7 heteroatoms. The lowest BCUT2D eigenvalue weighted by Gasteiger charge is -2.36. The van der Waals surface area contributed by atoms with Crippen molar-refractivity contribution in [3.63, 3.8) is 0 Å². The smallest absolute Gasteiger partial charge is 0.322 e. The maximum absolute atomic E-state index is 12.4. The molecule has 0 unspecified atom stereocenters. The molecule has 1 fully saturated rings. The Bertz CT molecular complexity index is 707. The average Bonchev–Trinajstić information content (AvgIpc) is 3.07. The Hall–Kier alpha value is -2.54. The Morgan fingerprint density at radius 1 is 1.28 bits per heavy atom. The van der Waals surface area contributed by atoms with Crippen molar-refractivity contribution in [2.24, 2.45) is 0 Å². The maximum atomic E-state index is 12.4. The Labute approximate surface area is 148 Å². The van der Waals surface area contributed by atoms with E-state index in [0.29, 0.717) is 31.9 Å². The van der Waals surface area contributed by atoms with Gasteiger partial charge in [-0.3, -0.25) is 4.68 Å². The number of benzene rings is 1. The molecule has 1 aliphatic heterocycles. The number of carbonyl (C=O) groups excluding carboxylic acids is 1. The third-order valence-electron chi connectivity index (χ3n) is 4.34. The first-order chi connectivity index (χ1) is 12.2. The van der Waals surface area contributed by atoms with Crippen molar-refractivity contribution in [3.05, 3.63) is 42.2 Å². The number of amides is 2. The summed E-state index contributed by atoms with van der Waals surface area (Å²) < 4.78 is 6.78. The van der Waals surface area contributed by atoms with Gasteiger partial charge in [0.05, 0.1) is 25.0 Å². The highest BCUT2D eigenvalue weighted by Crippen LogP contribution is 2.18. The predicted octanol–water partition coefficient (Wildman–Crippen LogP) is 2.19. The Balaban J connectivity index is 1.50. The third kappa shape index (κ3) is 4.51. The first kappa shape index (κ1) is 17.3. The molecule has 134 valence electrons. The molecule has 1 aliphatic rings. The van der Waals surface area contributed by atoms with E-state index >= 15 is 0 Å². The zero-order chi connectivity index (χ0) is 17.6. The Morgan fingerprint density at radius 3 is 2.80 bits per heavy atom. The van der Waals surface area contributed by atoms with Crippen LogP contribution in [0.1, 0.15) is 5.56 Å². The van der Waals surface area contributed by atoms with Gasteiger partial charge in [0.1, 0.15) is 0 Å². The average molecular weight is 343 g/mol. The van der Waals surface area contributed by atoms with Gasteiger partial charge >= 0.3 is 6.03 Å². The number of aromatic nitrogens is 2. The molecule has 2 heterocycles. The Morgan fingerprint density at radius 2 is 2.08 bits per heavy atom. The van der Waals surface area contributed by atoms with Crippen molar-refractivity contribution in [2.45, 2.75) is 13.5 Å². The Kier molecular flexibility index (Phi) is 5.55. The van der Waals surface area contributed by atoms with Crippen molar-refractivity contribution >= 4 is 17.4 Å². The summed E-state index contributed by atoms with van der Waals surface area (Å²) >= 11 is 0. The van der Waals surface area contributed by atoms with Crippen LogP contribution in [0.5, 0.6) is 0 Å². The van der Waals surface area contributed by atoms with E-state index in [4.69, 9.17) is 4.74 Å². The number of methoxy groups -OCH3 is 1. The second kappa shape index (κ2) is 8.02. The zero-order valence-corrected chi connectivity index (χ0v) is 14.8. The van der Waals surface area contributed by atoms with Gasteiger partial charge in [0.25, 0.3) is 0 Å². The molecular formula is C18H25N5O2. The number of hydrogen-bond acceptors (Lipinski definition) is 4. The number of aryl methyl sites for hydroxylation is 1.